The number of nitrogens with one attached hydrogen (secondary N) is 1. The van der Waals surface area contributed by atoms with Crippen LogP contribution in [-0.4, -0.2) is 27.8 Å². The van der Waals surface area contributed by atoms with Crippen LogP contribution in [0, 0.1) is 0 Å². The summed E-state index contributed by atoms with van der Waals surface area (Å²) < 4.78 is 41.1. The van der Waals surface area contributed by atoms with Crippen molar-refractivity contribution in [1.82, 2.24) is 15.5 Å². The summed E-state index contributed by atoms with van der Waals surface area (Å²) in [6, 6.07) is 6.20. The van der Waals surface area contributed by atoms with E-state index in [1.54, 1.807) is 12.1 Å². The lowest BCUT2D eigenvalue weighted by Gasteiger charge is -2.03. The Morgan fingerprint density at radius 2 is 1.95 bits per heavy atom. The minimum Gasteiger partial charge on any atom is -0.387 e. The molecule has 0 aliphatic heterocycles. The van der Waals surface area contributed by atoms with Gasteiger partial charge >= 0.3 is 12.1 Å². The van der Waals surface area contributed by atoms with Crippen molar-refractivity contribution in [2.75, 3.05) is 6.61 Å². The van der Waals surface area contributed by atoms with E-state index in [0.29, 0.717) is 11.1 Å². The summed E-state index contributed by atoms with van der Waals surface area (Å²) in [7, 11) is 0. The number of alkyl halides is 3. The number of nitrogens with zero attached hydrogens (tertiary/aromatic N) is 2. The van der Waals surface area contributed by atoms with Gasteiger partial charge in [0.05, 0.1) is 0 Å². The van der Waals surface area contributed by atoms with E-state index in [1.165, 1.54) is 12.1 Å². The molecule has 1 amide bonds. The van der Waals surface area contributed by atoms with Gasteiger partial charge in [-0.2, -0.15) is 18.2 Å². The summed E-state index contributed by atoms with van der Waals surface area (Å²) in [5.74, 6) is -2.10. The summed E-state index contributed by atoms with van der Waals surface area (Å²) in [5, 5.41) is 14.2. The second-order valence-electron chi connectivity index (χ2n) is 4.05. The number of amides is 1. The van der Waals surface area contributed by atoms with Crippen LogP contribution in [0.25, 0.3) is 11.4 Å². The Kier molecular flexibility index (Phi) is 4.22. The summed E-state index contributed by atoms with van der Waals surface area (Å²) in [5.41, 5.74) is 1.06. The van der Waals surface area contributed by atoms with E-state index in [2.05, 4.69) is 20.0 Å². The third kappa shape index (κ3) is 3.78. The molecule has 1 aromatic heterocycles. The Labute approximate surface area is 116 Å². The van der Waals surface area contributed by atoms with E-state index in [1.807, 2.05) is 0 Å². The van der Waals surface area contributed by atoms with Gasteiger partial charge < -0.3 is 14.9 Å². The molecule has 0 unspecified atom stereocenters. The van der Waals surface area contributed by atoms with Gasteiger partial charge in [0.25, 0.3) is 0 Å². The van der Waals surface area contributed by atoms with Crippen LogP contribution in [0.4, 0.5) is 13.2 Å². The Morgan fingerprint density at radius 3 is 2.48 bits per heavy atom. The molecule has 9 heteroatoms. The van der Waals surface area contributed by atoms with Gasteiger partial charge in [0.1, 0.15) is 6.61 Å². The molecule has 2 aromatic rings. The molecule has 0 saturated carbocycles. The lowest BCUT2D eigenvalue weighted by molar-refractivity contribution is -0.159. The number of aromatic nitrogens is 2. The second-order valence-corrected chi connectivity index (χ2v) is 4.05. The van der Waals surface area contributed by atoms with Crippen molar-refractivity contribution in [2.45, 2.75) is 12.7 Å². The average molecular weight is 301 g/mol. The predicted octanol–water partition coefficient (Wildman–Crippen LogP) is 1.36. The summed E-state index contributed by atoms with van der Waals surface area (Å²) >= 11 is 0. The van der Waals surface area contributed by atoms with E-state index in [4.69, 9.17) is 5.11 Å². The van der Waals surface area contributed by atoms with Gasteiger partial charge in [-0.1, -0.05) is 29.4 Å². The number of aliphatic hydroxyl groups is 1. The van der Waals surface area contributed by atoms with Crippen LogP contribution >= 0.6 is 0 Å². The van der Waals surface area contributed by atoms with Crippen molar-refractivity contribution in [1.29, 1.82) is 0 Å². The Morgan fingerprint density at radius 1 is 1.29 bits per heavy atom. The van der Waals surface area contributed by atoms with Crippen LogP contribution in [-0.2, 0) is 17.5 Å². The quantitative estimate of drug-likeness (QED) is 0.890. The molecule has 112 valence electrons. The van der Waals surface area contributed by atoms with E-state index < -0.39 is 24.6 Å². The van der Waals surface area contributed by atoms with Crippen molar-refractivity contribution in [3.05, 3.63) is 35.7 Å². The zero-order valence-corrected chi connectivity index (χ0v) is 10.5. The maximum atomic E-state index is 12.3. The van der Waals surface area contributed by atoms with Crippen LogP contribution in [0.5, 0.6) is 0 Å². The van der Waals surface area contributed by atoms with Crippen molar-refractivity contribution in [3.63, 3.8) is 0 Å². The van der Waals surface area contributed by atoms with Crippen LogP contribution < -0.4 is 5.32 Å². The predicted molar refractivity (Wildman–Crippen MR) is 63.7 cm³/mol. The minimum atomic E-state index is -4.68. The Hall–Kier alpha value is -2.42. The molecule has 2 rings (SSSR count). The number of carbonyl (C=O) groups excluding carboxylic acids is 1. The molecule has 0 bridgehead atoms. The molecule has 6 nitrogen and oxygen atoms in total. The maximum absolute atomic E-state index is 12.3. The highest BCUT2D eigenvalue weighted by molar-refractivity contribution is 5.76. The zero-order valence-electron chi connectivity index (χ0n) is 10.5. The number of halogens is 3. The van der Waals surface area contributed by atoms with E-state index in [0.717, 1.165) is 0 Å². The molecule has 0 saturated heterocycles. The fourth-order valence-corrected chi connectivity index (χ4v) is 1.48. The van der Waals surface area contributed by atoms with Crippen molar-refractivity contribution < 1.29 is 27.6 Å². The number of carbonyl (C=O) groups is 1. The Balaban J connectivity index is 2.08. The topological polar surface area (TPSA) is 88.2 Å². The fraction of sp³-hybridized carbons (Fsp3) is 0.250. The molecule has 0 atom stereocenters. The van der Waals surface area contributed by atoms with Gasteiger partial charge in [0.2, 0.25) is 11.7 Å². The first kappa shape index (κ1) is 15.0. The third-order valence-electron chi connectivity index (χ3n) is 2.51. The lowest BCUT2D eigenvalue weighted by Crippen LogP contribution is -2.25. The first-order chi connectivity index (χ1) is 9.90. The molecular weight excluding hydrogens is 291 g/mol. The van der Waals surface area contributed by atoms with Gasteiger partial charge in [-0.25, -0.2) is 0 Å². The number of benzene rings is 1. The monoisotopic (exact) mass is 301 g/mol. The second kappa shape index (κ2) is 5.92. The minimum absolute atomic E-state index is 0.173. The number of hydrogen-bond donors (Lipinski definition) is 2. The van der Waals surface area contributed by atoms with Crippen LogP contribution in [0.15, 0.2) is 28.8 Å². The van der Waals surface area contributed by atoms with Crippen molar-refractivity contribution in [3.8, 4) is 11.4 Å². The maximum Gasteiger partial charge on any atom is 0.471 e. The highest BCUT2D eigenvalue weighted by Crippen LogP contribution is 2.29. The van der Waals surface area contributed by atoms with Crippen molar-refractivity contribution >= 4 is 5.91 Å². The van der Waals surface area contributed by atoms with Gasteiger partial charge in [0.15, 0.2) is 0 Å². The molecule has 1 heterocycles. The van der Waals surface area contributed by atoms with E-state index in [-0.39, 0.29) is 12.4 Å². The van der Waals surface area contributed by atoms with Gasteiger partial charge in [-0.05, 0) is 5.56 Å². The number of aliphatic hydroxyl groups excluding tert-OH is 1. The van der Waals surface area contributed by atoms with E-state index >= 15 is 0 Å². The average Bonchev–Trinajstić information content (AvgIpc) is 2.95. The third-order valence-corrected chi connectivity index (χ3v) is 2.51. The molecule has 1 aromatic carbocycles. The number of rotatable bonds is 4. The molecule has 0 fully saturated rings. The summed E-state index contributed by atoms with van der Waals surface area (Å²) in [6.07, 6.45) is -4.68. The lowest BCUT2D eigenvalue weighted by atomic mass is 10.1. The molecule has 0 spiro atoms. The SMILES string of the molecule is O=C(CO)NCc1ccc(-c2noc(C(F)(F)F)n2)cc1. The summed E-state index contributed by atoms with van der Waals surface area (Å²) in [4.78, 5) is 14.1. The standard InChI is InChI=1S/C12H10F3N3O3/c13-12(14,15)11-17-10(18-21-11)8-3-1-7(2-4-8)5-16-9(20)6-19/h1-4,19H,5-6H2,(H,16,20). The highest BCUT2D eigenvalue weighted by atomic mass is 19.4. The summed E-state index contributed by atoms with van der Waals surface area (Å²) in [6.45, 7) is -0.416. The Bertz CT molecular complexity index is 623. The van der Waals surface area contributed by atoms with E-state index in [9.17, 15) is 18.0 Å². The first-order valence-corrected chi connectivity index (χ1v) is 5.78. The largest absolute Gasteiger partial charge is 0.471 e. The van der Waals surface area contributed by atoms with Crippen LogP contribution in [0.3, 0.4) is 0 Å². The van der Waals surface area contributed by atoms with Crippen LogP contribution in [0.2, 0.25) is 0 Å². The first-order valence-electron chi connectivity index (χ1n) is 5.78. The van der Waals surface area contributed by atoms with Crippen molar-refractivity contribution in [2.24, 2.45) is 0 Å². The smallest absolute Gasteiger partial charge is 0.387 e. The van der Waals surface area contributed by atoms with Gasteiger partial charge in [-0.3, -0.25) is 4.79 Å². The molecule has 0 aliphatic carbocycles. The van der Waals surface area contributed by atoms with Crippen LogP contribution in [0.1, 0.15) is 11.5 Å². The van der Waals surface area contributed by atoms with Gasteiger partial charge in [-0.15, -0.1) is 0 Å². The number of hydrogen-bond acceptors (Lipinski definition) is 5. The fourth-order valence-electron chi connectivity index (χ4n) is 1.48. The molecule has 2 N–H and O–H groups in total. The molecule has 21 heavy (non-hydrogen) atoms. The molecule has 0 radical (unpaired) electrons. The zero-order chi connectivity index (χ0) is 15.5. The molecular formula is C12H10F3N3O3. The highest BCUT2D eigenvalue weighted by Gasteiger charge is 2.38. The molecule has 0 aliphatic rings. The normalized spacial score (nSPS) is 11.4. The van der Waals surface area contributed by atoms with Gasteiger partial charge in [0, 0.05) is 12.1 Å².